The molecule has 5 nitrogen and oxygen atoms in total. The summed E-state index contributed by atoms with van der Waals surface area (Å²) in [5, 5.41) is 2.57. The standard InChI is InChI=1S/C20H21F3N2O3/c1-5-25-18(28)13(9-24-25)16(26)12-8-10(2)11-6-7-19(3,4)17(27)14(11)15(12)20(21,22)23/h8-9,24H,5-7H2,1-4H3. The van der Waals surface area contributed by atoms with Crippen LogP contribution in [-0.4, -0.2) is 21.3 Å². The SMILES string of the molecule is CCn1[nH]cc(C(=O)c2cc(C)c3c(c2C(F)(F)F)C(=O)C(C)(C)CC3)c1=O. The first-order valence-corrected chi connectivity index (χ1v) is 9.01. The largest absolute Gasteiger partial charge is 0.417 e. The van der Waals surface area contributed by atoms with E-state index in [0.29, 0.717) is 24.0 Å². The topological polar surface area (TPSA) is 71.9 Å². The van der Waals surface area contributed by atoms with Gasteiger partial charge in [-0.15, -0.1) is 0 Å². The molecule has 1 aromatic heterocycles. The Morgan fingerprint density at radius 1 is 1.25 bits per heavy atom. The van der Waals surface area contributed by atoms with Gasteiger partial charge in [0.05, 0.1) is 5.56 Å². The summed E-state index contributed by atoms with van der Waals surface area (Å²) in [6.07, 6.45) is -3.05. The minimum absolute atomic E-state index is 0.244. The summed E-state index contributed by atoms with van der Waals surface area (Å²) in [5.74, 6) is -1.67. The maximum absolute atomic E-state index is 14.0. The fraction of sp³-hybridized carbons (Fsp3) is 0.450. The van der Waals surface area contributed by atoms with E-state index in [0.717, 1.165) is 16.9 Å². The molecule has 0 bridgehead atoms. The summed E-state index contributed by atoms with van der Waals surface area (Å²) in [7, 11) is 0. The predicted octanol–water partition coefficient (Wildman–Crippen LogP) is 3.91. The fourth-order valence-electron chi connectivity index (χ4n) is 3.75. The summed E-state index contributed by atoms with van der Waals surface area (Å²) in [6, 6.07) is 1.15. The van der Waals surface area contributed by atoms with E-state index < -0.39 is 45.4 Å². The average molecular weight is 394 g/mol. The van der Waals surface area contributed by atoms with Crippen molar-refractivity contribution >= 4 is 11.6 Å². The zero-order valence-electron chi connectivity index (χ0n) is 16.1. The second-order valence-electron chi connectivity index (χ2n) is 7.75. The number of nitrogens with one attached hydrogen (secondary N) is 1. The van der Waals surface area contributed by atoms with E-state index >= 15 is 0 Å². The number of hydrogen-bond acceptors (Lipinski definition) is 3. The lowest BCUT2D eigenvalue weighted by atomic mass is 9.70. The van der Waals surface area contributed by atoms with Crippen LogP contribution in [0.25, 0.3) is 0 Å². The maximum Gasteiger partial charge on any atom is 0.417 e. The normalized spacial score (nSPS) is 16.2. The number of hydrogen-bond donors (Lipinski definition) is 1. The number of aromatic amines is 1. The van der Waals surface area contributed by atoms with Crippen LogP contribution in [0.4, 0.5) is 13.2 Å². The van der Waals surface area contributed by atoms with Gasteiger partial charge in [-0.1, -0.05) is 13.8 Å². The molecule has 2 aromatic rings. The molecule has 1 aliphatic rings. The van der Waals surface area contributed by atoms with Crippen LogP contribution in [-0.2, 0) is 19.1 Å². The maximum atomic E-state index is 14.0. The second-order valence-corrected chi connectivity index (χ2v) is 7.75. The smallest absolute Gasteiger partial charge is 0.302 e. The number of benzene rings is 1. The first-order valence-electron chi connectivity index (χ1n) is 9.01. The fourth-order valence-corrected chi connectivity index (χ4v) is 3.75. The molecule has 0 radical (unpaired) electrons. The molecule has 0 saturated heterocycles. The molecule has 1 aromatic carbocycles. The number of carbonyl (C=O) groups is 2. The minimum Gasteiger partial charge on any atom is -0.302 e. The molecule has 0 atom stereocenters. The number of alkyl halides is 3. The molecule has 0 unspecified atom stereocenters. The number of carbonyl (C=O) groups excluding carboxylic acids is 2. The average Bonchev–Trinajstić information content (AvgIpc) is 2.97. The van der Waals surface area contributed by atoms with Gasteiger partial charge in [0.15, 0.2) is 5.78 Å². The van der Waals surface area contributed by atoms with Gasteiger partial charge in [-0.05, 0) is 43.9 Å². The molecule has 0 saturated carbocycles. The molecule has 1 N–H and O–H groups in total. The Morgan fingerprint density at radius 3 is 2.43 bits per heavy atom. The Kier molecular flexibility index (Phi) is 4.64. The van der Waals surface area contributed by atoms with Gasteiger partial charge in [0, 0.05) is 29.3 Å². The first-order chi connectivity index (χ1) is 12.9. The van der Waals surface area contributed by atoms with E-state index in [-0.39, 0.29) is 12.1 Å². The molecule has 150 valence electrons. The summed E-state index contributed by atoms with van der Waals surface area (Å²) >= 11 is 0. The third kappa shape index (κ3) is 3.00. The van der Waals surface area contributed by atoms with Crippen LogP contribution in [0.1, 0.15) is 70.2 Å². The van der Waals surface area contributed by atoms with E-state index in [2.05, 4.69) is 5.10 Å². The van der Waals surface area contributed by atoms with Crippen LogP contribution in [0.15, 0.2) is 17.1 Å². The Hall–Kier alpha value is -2.64. The predicted molar refractivity (Wildman–Crippen MR) is 96.8 cm³/mol. The van der Waals surface area contributed by atoms with Crippen LogP contribution in [0, 0.1) is 12.3 Å². The van der Waals surface area contributed by atoms with Crippen molar-refractivity contribution in [3.8, 4) is 0 Å². The summed E-state index contributed by atoms with van der Waals surface area (Å²) in [4.78, 5) is 38.1. The van der Waals surface area contributed by atoms with Gasteiger partial charge in [0.1, 0.15) is 5.56 Å². The van der Waals surface area contributed by atoms with Gasteiger partial charge < -0.3 is 5.10 Å². The Bertz CT molecular complexity index is 1040. The van der Waals surface area contributed by atoms with Gasteiger partial charge in [-0.3, -0.25) is 19.1 Å². The molecular formula is C20H21F3N2O3. The molecule has 1 aliphatic carbocycles. The lowest BCUT2D eigenvalue weighted by molar-refractivity contribution is -0.138. The molecule has 0 fully saturated rings. The van der Waals surface area contributed by atoms with Crippen molar-refractivity contribution in [1.82, 2.24) is 9.78 Å². The second kappa shape index (κ2) is 6.46. The zero-order chi connectivity index (χ0) is 21.0. The number of aryl methyl sites for hydroxylation is 2. The molecule has 8 heteroatoms. The number of ketones is 2. The number of Topliss-reactive ketones (excluding diaryl/α,β-unsaturated/α-hetero) is 1. The highest BCUT2D eigenvalue weighted by molar-refractivity contribution is 6.13. The highest BCUT2D eigenvalue weighted by Crippen LogP contribution is 2.44. The Morgan fingerprint density at radius 2 is 1.89 bits per heavy atom. The molecule has 1 heterocycles. The third-order valence-corrected chi connectivity index (χ3v) is 5.43. The number of rotatable bonds is 3. The number of nitrogens with zero attached hydrogens (tertiary/aromatic N) is 1. The van der Waals surface area contributed by atoms with E-state index in [4.69, 9.17) is 0 Å². The van der Waals surface area contributed by atoms with Crippen molar-refractivity contribution in [1.29, 1.82) is 0 Å². The van der Waals surface area contributed by atoms with Crippen molar-refractivity contribution in [2.75, 3.05) is 0 Å². The lowest BCUT2D eigenvalue weighted by Crippen LogP contribution is -2.34. The van der Waals surface area contributed by atoms with Crippen molar-refractivity contribution in [3.05, 3.63) is 56.0 Å². The van der Waals surface area contributed by atoms with Crippen LogP contribution in [0.3, 0.4) is 0 Å². The van der Waals surface area contributed by atoms with Crippen molar-refractivity contribution in [3.63, 3.8) is 0 Å². The van der Waals surface area contributed by atoms with Crippen LogP contribution in [0.2, 0.25) is 0 Å². The Labute approximate surface area is 159 Å². The van der Waals surface area contributed by atoms with Crippen LogP contribution >= 0.6 is 0 Å². The monoisotopic (exact) mass is 394 g/mol. The molecule has 3 rings (SSSR count). The van der Waals surface area contributed by atoms with E-state index in [1.807, 2.05) is 0 Å². The van der Waals surface area contributed by atoms with E-state index in [1.165, 1.54) is 0 Å². The van der Waals surface area contributed by atoms with E-state index in [1.54, 1.807) is 27.7 Å². The molecular weight excluding hydrogens is 373 g/mol. The number of halogens is 3. The summed E-state index contributed by atoms with van der Waals surface area (Å²) < 4.78 is 43.3. The van der Waals surface area contributed by atoms with Gasteiger partial charge in [-0.25, -0.2) is 0 Å². The van der Waals surface area contributed by atoms with Gasteiger partial charge >= 0.3 is 6.18 Å². The zero-order valence-corrected chi connectivity index (χ0v) is 16.1. The molecule has 0 aliphatic heterocycles. The minimum atomic E-state index is -4.91. The highest BCUT2D eigenvalue weighted by Gasteiger charge is 2.46. The van der Waals surface area contributed by atoms with Crippen LogP contribution in [0.5, 0.6) is 0 Å². The number of fused-ring (bicyclic) bond motifs is 1. The van der Waals surface area contributed by atoms with Gasteiger partial charge in [0.25, 0.3) is 5.56 Å². The van der Waals surface area contributed by atoms with Crippen molar-refractivity contribution in [2.45, 2.75) is 53.3 Å². The molecule has 0 amide bonds. The van der Waals surface area contributed by atoms with E-state index in [9.17, 15) is 27.6 Å². The lowest BCUT2D eigenvalue weighted by Gasteiger charge is -2.33. The molecule has 28 heavy (non-hydrogen) atoms. The highest BCUT2D eigenvalue weighted by atomic mass is 19.4. The summed E-state index contributed by atoms with van der Waals surface area (Å²) in [6.45, 7) is 6.71. The van der Waals surface area contributed by atoms with Crippen LogP contribution < -0.4 is 5.56 Å². The van der Waals surface area contributed by atoms with Gasteiger partial charge in [-0.2, -0.15) is 13.2 Å². The number of H-pyrrole nitrogens is 1. The molecule has 0 spiro atoms. The Balaban J connectivity index is 2.34. The summed E-state index contributed by atoms with van der Waals surface area (Å²) in [5.41, 5.74) is -3.58. The first kappa shape index (κ1) is 20.1. The quantitative estimate of drug-likeness (QED) is 0.803. The number of aromatic nitrogens is 2. The third-order valence-electron chi connectivity index (χ3n) is 5.43. The van der Waals surface area contributed by atoms with Crippen molar-refractivity contribution in [2.24, 2.45) is 5.41 Å². The van der Waals surface area contributed by atoms with Crippen molar-refractivity contribution < 1.29 is 22.8 Å². The van der Waals surface area contributed by atoms with Gasteiger partial charge in [0.2, 0.25) is 5.78 Å².